The van der Waals surface area contributed by atoms with Gasteiger partial charge >= 0.3 is 0 Å². The maximum atomic E-state index is 12.0. The third-order valence-electron chi connectivity index (χ3n) is 2.94. The number of carbonyl (C=O) groups is 2. The SMILES string of the molecule is COc1ccc(NC(=O)/C=C(/C)NNC(=O)c2cnccn2)cc1Cl. The van der Waals surface area contributed by atoms with Gasteiger partial charge < -0.3 is 15.5 Å². The molecule has 0 unspecified atom stereocenters. The van der Waals surface area contributed by atoms with E-state index in [0.29, 0.717) is 22.2 Å². The monoisotopic (exact) mass is 361 g/mol. The first-order valence-corrected chi connectivity index (χ1v) is 7.52. The minimum atomic E-state index is -0.469. The second-order valence-corrected chi connectivity index (χ2v) is 5.24. The van der Waals surface area contributed by atoms with E-state index in [9.17, 15) is 9.59 Å². The molecule has 9 heteroatoms. The molecule has 2 rings (SSSR count). The molecule has 3 N–H and O–H groups in total. The number of nitrogens with one attached hydrogen (secondary N) is 3. The van der Waals surface area contributed by atoms with E-state index in [4.69, 9.17) is 16.3 Å². The number of rotatable bonds is 6. The predicted octanol–water partition coefficient (Wildman–Crippen LogP) is 1.92. The number of benzene rings is 1. The van der Waals surface area contributed by atoms with Crippen molar-refractivity contribution in [3.05, 3.63) is 59.3 Å². The molecule has 0 spiro atoms. The lowest BCUT2D eigenvalue weighted by atomic mass is 10.3. The number of aromatic nitrogens is 2. The van der Waals surface area contributed by atoms with Gasteiger partial charge in [-0.3, -0.25) is 20.0 Å². The van der Waals surface area contributed by atoms with Crippen LogP contribution >= 0.6 is 11.6 Å². The van der Waals surface area contributed by atoms with E-state index >= 15 is 0 Å². The highest BCUT2D eigenvalue weighted by atomic mass is 35.5. The van der Waals surface area contributed by atoms with Crippen molar-refractivity contribution in [2.75, 3.05) is 12.4 Å². The molecule has 0 saturated carbocycles. The normalized spacial score (nSPS) is 10.8. The molecule has 1 heterocycles. The van der Waals surface area contributed by atoms with Crippen molar-refractivity contribution in [1.82, 2.24) is 20.8 Å². The lowest BCUT2D eigenvalue weighted by molar-refractivity contribution is -0.112. The number of hydrogen-bond donors (Lipinski definition) is 3. The van der Waals surface area contributed by atoms with Gasteiger partial charge in [-0.25, -0.2) is 4.98 Å². The molecule has 0 aliphatic heterocycles. The van der Waals surface area contributed by atoms with Crippen LogP contribution in [0.2, 0.25) is 5.02 Å². The summed E-state index contributed by atoms with van der Waals surface area (Å²) in [6.07, 6.45) is 5.49. The van der Waals surface area contributed by atoms with Gasteiger partial charge in [0.25, 0.3) is 5.91 Å². The molecule has 0 atom stereocenters. The quantitative estimate of drug-likeness (QED) is 0.536. The topological polar surface area (TPSA) is 105 Å². The van der Waals surface area contributed by atoms with Crippen LogP contribution in [0.25, 0.3) is 0 Å². The fraction of sp³-hybridized carbons (Fsp3) is 0.125. The maximum absolute atomic E-state index is 12.0. The molecule has 0 saturated heterocycles. The first-order valence-electron chi connectivity index (χ1n) is 7.15. The number of nitrogens with zero attached hydrogens (tertiary/aromatic N) is 2. The number of anilines is 1. The van der Waals surface area contributed by atoms with Crippen molar-refractivity contribution in [3.63, 3.8) is 0 Å². The minimum absolute atomic E-state index is 0.153. The highest BCUT2D eigenvalue weighted by Gasteiger charge is 2.07. The van der Waals surface area contributed by atoms with Gasteiger partial charge in [-0.15, -0.1) is 0 Å². The molecule has 0 fully saturated rings. The van der Waals surface area contributed by atoms with Gasteiger partial charge in [-0.05, 0) is 25.1 Å². The van der Waals surface area contributed by atoms with Crippen LogP contribution in [0.5, 0.6) is 5.75 Å². The van der Waals surface area contributed by atoms with Crippen molar-refractivity contribution in [3.8, 4) is 5.75 Å². The Kier molecular flexibility index (Phi) is 6.30. The van der Waals surface area contributed by atoms with Crippen LogP contribution in [-0.2, 0) is 4.79 Å². The van der Waals surface area contributed by atoms with E-state index in [1.807, 2.05) is 0 Å². The van der Waals surface area contributed by atoms with E-state index in [1.54, 1.807) is 25.1 Å². The highest BCUT2D eigenvalue weighted by Crippen LogP contribution is 2.27. The molecule has 0 radical (unpaired) electrons. The average molecular weight is 362 g/mol. The summed E-state index contributed by atoms with van der Waals surface area (Å²) in [7, 11) is 1.51. The summed E-state index contributed by atoms with van der Waals surface area (Å²) >= 11 is 6.00. The molecule has 0 aliphatic rings. The lowest BCUT2D eigenvalue weighted by Gasteiger charge is -2.09. The molecule has 130 valence electrons. The predicted molar refractivity (Wildman–Crippen MR) is 93.0 cm³/mol. The summed E-state index contributed by atoms with van der Waals surface area (Å²) in [6, 6.07) is 4.88. The number of hydrogen-bond acceptors (Lipinski definition) is 6. The highest BCUT2D eigenvalue weighted by molar-refractivity contribution is 6.32. The summed E-state index contributed by atoms with van der Waals surface area (Å²) < 4.78 is 5.04. The largest absolute Gasteiger partial charge is 0.495 e. The van der Waals surface area contributed by atoms with E-state index in [-0.39, 0.29) is 11.6 Å². The molecular formula is C16H16ClN5O3. The Morgan fingerprint density at radius 3 is 2.68 bits per heavy atom. The summed E-state index contributed by atoms with van der Waals surface area (Å²) in [5, 5.41) is 3.04. The zero-order valence-corrected chi connectivity index (χ0v) is 14.3. The van der Waals surface area contributed by atoms with E-state index in [1.165, 1.54) is 31.8 Å². The first-order chi connectivity index (χ1) is 12.0. The van der Waals surface area contributed by atoms with Crippen molar-refractivity contribution >= 4 is 29.1 Å². The van der Waals surface area contributed by atoms with Crippen LogP contribution in [0, 0.1) is 0 Å². The summed E-state index contributed by atoms with van der Waals surface area (Å²) in [4.78, 5) is 31.4. The maximum Gasteiger partial charge on any atom is 0.289 e. The molecule has 25 heavy (non-hydrogen) atoms. The third kappa shape index (κ3) is 5.47. The molecular weight excluding hydrogens is 346 g/mol. The number of halogens is 1. The van der Waals surface area contributed by atoms with Crippen LogP contribution in [0.1, 0.15) is 17.4 Å². The Balaban J connectivity index is 1.89. The van der Waals surface area contributed by atoms with E-state index in [2.05, 4.69) is 26.1 Å². The third-order valence-corrected chi connectivity index (χ3v) is 3.23. The van der Waals surface area contributed by atoms with Crippen LogP contribution in [0.4, 0.5) is 5.69 Å². The summed E-state index contributed by atoms with van der Waals surface area (Å²) in [5.74, 6) is -0.344. The molecule has 1 aromatic carbocycles. The Bertz CT molecular complexity index is 796. The lowest BCUT2D eigenvalue weighted by Crippen LogP contribution is -2.37. The minimum Gasteiger partial charge on any atom is -0.495 e. The van der Waals surface area contributed by atoms with Crippen molar-refractivity contribution in [2.45, 2.75) is 6.92 Å². The van der Waals surface area contributed by atoms with Crippen LogP contribution in [0.3, 0.4) is 0 Å². The summed E-state index contributed by atoms with van der Waals surface area (Å²) in [5.41, 5.74) is 6.12. The zero-order valence-electron chi connectivity index (χ0n) is 13.5. The Morgan fingerprint density at radius 1 is 1.24 bits per heavy atom. The fourth-order valence-electron chi connectivity index (χ4n) is 1.79. The van der Waals surface area contributed by atoms with Crippen LogP contribution in [-0.4, -0.2) is 28.9 Å². The molecule has 0 bridgehead atoms. The van der Waals surface area contributed by atoms with Gasteiger partial charge in [0.15, 0.2) is 0 Å². The summed E-state index contributed by atoms with van der Waals surface area (Å²) in [6.45, 7) is 1.62. The van der Waals surface area contributed by atoms with Gasteiger partial charge in [0, 0.05) is 29.9 Å². The second kappa shape index (κ2) is 8.65. The van der Waals surface area contributed by atoms with Gasteiger partial charge in [0.2, 0.25) is 5.91 Å². The molecule has 0 aliphatic carbocycles. The number of methoxy groups -OCH3 is 1. The molecule has 8 nitrogen and oxygen atoms in total. The van der Waals surface area contributed by atoms with Gasteiger partial charge in [-0.2, -0.15) is 0 Å². The number of amides is 2. The first kappa shape index (κ1) is 18.2. The second-order valence-electron chi connectivity index (χ2n) is 4.84. The molecule has 2 amide bonds. The van der Waals surface area contributed by atoms with Gasteiger partial charge in [-0.1, -0.05) is 11.6 Å². The number of allylic oxidation sites excluding steroid dienone is 1. The Labute approximate surface area is 149 Å². The van der Waals surface area contributed by atoms with Crippen molar-refractivity contribution < 1.29 is 14.3 Å². The zero-order chi connectivity index (χ0) is 18.2. The van der Waals surface area contributed by atoms with Crippen molar-refractivity contribution in [1.29, 1.82) is 0 Å². The van der Waals surface area contributed by atoms with E-state index < -0.39 is 5.91 Å². The number of ether oxygens (including phenoxy) is 1. The van der Waals surface area contributed by atoms with Crippen LogP contribution < -0.4 is 20.9 Å². The Hall–Kier alpha value is -3.13. The standard InChI is InChI=1S/C16H16ClN5O3/c1-10(21-22-16(24)13-9-18-5-6-19-13)7-15(23)20-11-3-4-14(25-2)12(17)8-11/h3-9,21H,1-2H3,(H,20,23)(H,22,24)/b10-7-. The smallest absolute Gasteiger partial charge is 0.289 e. The number of hydrazine groups is 1. The fourth-order valence-corrected chi connectivity index (χ4v) is 2.05. The van der Waals surface area contributed by atoms with E-state index in [0.717, 1.165) is 0 Å². The average Bonchev–Trinajstić information content (AvgIpc) is 2.60. The molecule has 1 aromatic heterocycles. The van der Waals surface area contributed by atoms with Crippen LogP contribution in [0.15, 0.2) is 48.6 Å². The number of carbonyl (C=O) groups excluding carboxylic acids is 2. The van der Waals surface area contributed by atoms with Gasteiger partial charge in [0.1, 0.15) is 11.4 Å². The Morgan fingerprint density at radius 2 is 2.04 bits per heavy atom. The van der Waals surface area contributed by atoms with Gasteiger partial charge in [0.05, 0.1) is 18.3 Å². The molecule has 2 aromatic rings. The van der Waals surface area contributed by atoms with Crippen molar-refractivity contribution in [2.24, 2.45) is 0 Å².